The molecule has 5 aliphatic rings. The van der Waals surface area contributed by atoms with E-state index in [1.165, 1.54) is 57.0 Å². The van der Waals surface area contributed by atoms with Crippen molar-refractivity contribution in [1.29, 1.82) is 0 Å². The summed E-state index contributed by atoms with van der Waals surface area (Å²) in [6, 6.07) is 9.89. The van der Waals surface area contributed by atoms with E-state index in [0.29, 0.717) is 13.2 Å². The summed E-state index contributed by atoms with van der Waals surface area (Å²) in [5, 5.41) is 6.69. The first-order chi connectivity index (χ1) is 18.3. The van der Waals surface area contributed by atoms with E-state index in [0.717, 1.165) is 59.7 Å². The SMILES string of the molecule is C1CCNC1.Fc1cc(Br)cc(N2CC23COC3)c1.Fc1cc(Br)cc(NC2(CN3CCCC3)COC2)c1. The van der Waals surface area contributed by atoms with Crippen LogP contribution in [0.15, 0.2) is 45.3 Å². The van der Waals surface area contributed by atoms with Crippen LogP contribution in [0.25, 0.3) is 0 Å². The largest absolute Gasteiger partial charge is 0.376 e. The molecule has 38 heavy (non-hydrogen) atoms. The zero-order valence-corrected chi connectivity index (χ0v) is 24.8. The summed E-state index contributed by atoms with van der Waals surface area (Å²) in [5.74, 6) is -0.426. The fraction of sp³-hybridized carbons (Fsp3) is 0.571. The van der Waals surface area contributed by atoms with Crippen molar-refractivity contribution in [3.8, 4) is 0 Å². The summed E-state index contributed by atoms with van der Waals surface area (Å²) >= 11 is 6.62. The molecule has 5 fully saturated rings. The molecule has 2 aromatic rings. The van der Waals surface area contributed by atoms with E-state index >= 15 is 0 Å². The molecular weight excluding hydrogens is 622 g/mol. The average Bonchev–Trinajstić information content (AvgIpc) is 3.15. The number of rotatable bonds is 5. The van der Waals surface area contributed by atoms with Crippen LogP contribution in [-0.2, 0) is 9.47 Å². The topological polar surface area (TPSA) is 48.8 Å². The number of halogens is 4. The van der Waals surface area contributed by atoms with Gasteiger partial charge in [0.15, 0.2) is 0 Å². The van der Waals surface area contributed by atoms with Gasteiger partial charge in [-0.15, -0.1) is 0 Å². The Morgan fingerprint density at radius 1 is 0.816 bits per heavy atom. The van der Waals surface area contributed by atoms with E-state index in [1.54, 1.807) is 6.07 Å². The summed E-state index contributed by atoms with van der Waals surface area (Å²) in [7, 11) is 0. The number of likely N-dealkylation sites (tertiary alicyclic amines) is 1. The van der Waals surface area contributed by atoms with E-state index in [9.17, 15) is 8.78 Å². The van der Waals surface area contributed by atoms with Crippen molar-refractivity contribution in [1.82, 2.24) is 10.2 Å². The Balaban J connectivity index is 0.000000135. The maximum Gasteiger partial charge on any atom is 0.126 e. The Hall–Kier alpha value is -1.30. The summed E-state index contributed by atoms with van der Waals surface area (Å²) in [6.45, 7) is 9.73. The van der Waals surface area contributed by atoms with Crippen molar-refractivity contribution in [2.75, 3.05) is 75.9 Å². The third-order valence-electron chi connectivity index (χ3n) is 7.53. The molecule has 0 unspecified atom stereocenters. The molecule has 5 saturated heterocycles. The number of ether oxygens (including phenoxy) is 2. The van der Waals surface area contributed by atoms with E-state index in [2.05, 4.69) is 52.3 Å². The molecule has 5 heterocycles. The average molecular weight is 658 g/mol. The van der Waals surface area contributed by atoms with Crippen LogP contribution in [0.1, 0.15) is 25.7 Å². The zero-order valence-electron chi connectivity index (χ0n) is 21.6. The van der Waals surface area contributed by atoms with E-state index in [1.807, 2.05) is 12.1 Å². The van der Waals surface area contributed by atoms with Gasteiger partial charge in [0.2, 0.25) is 0 Å². The molecule has 5 aliphatic heterocycles. The van der Waals surface area contributed by atoms with Gasteiger partial charge < -0.3 is 29.9 Å². The van der Waals surface area contributed by atoms with Gasteiger partial charge in [0.05, 0.1) is 32.0 Å². The first-order valence-corrected chi connectivity index (χ1v) is 15.0. The van der Waals surface area contributed by atoms with E-state index in [4.69, 9.17) is 9.47 Å². The minimum atomic E-state index is -0.228. The van der Waals surface area contributed by atoms with Crippen LogP contribution in [0.2, 0.25) is 0 Å². The first-order valence-electron chi connectivity index (χ1n) is 13.4. The lowest BCUT2D eigenvalue weighted by Crippen LogP contribution is -2.61. The number of anilines is 2. The summed E-state index contributed by atoms with van der Waals surface area (Å²) in [6.07, 6.45) is 5.34. The van der Waals surface area contributed by atoms with Gasteiger partial charge >= 0.3 is 0 Å². The summed E-state index contributed by atoms with van der Waals surface area (Å²) in [5.41, 5.74) is 1.90. The van der Waals surface area contributed by atoms with Crippen LogP contribution in [0, 0.1) is 11.6 Å². The summed E-state index contributed by atoms with van der Waals surface area (Å²) in [4.78, 5) is 4.65. The highest BCUT2D eigenvalue weighted by Gasteiger charge is 2.58. The Labute approximate surface area is 240 Å². The molecule has 1 spiro atoms. The molecule has 0 aliphatic carbocycles. The number of hydrogen-bond acceptors (Lipinski definition) is 6. The van der Waals surface area contributed by atoms with Gasteiger partial charge in [0.1, 0.15) is 17.2 Å². The van der Waals surface area contributed by atoms with Crippen LogP contribution < -0.4 is 15.5 Å². The van der Waals surface area contributed by atoms with Crippen LogP contribution in [0.4, 0.5) is 20.2 Å². The molecular formula is C28H36Br2F2N4O2. The third kappa shape index (κ3) is 7.26. The minimum absolute atomic E-state index is 0.0580. The van der Waals surface area contributed by atoms with Gasteiger partial charge in [0.25, 0.3) is 0 Å². The monoisotopic (exact) mass is 656 g/mol. The van der Waals surface area contributed by atoms with Crippen molar-refractivity contribution in [2.24, 2.45) is 0 Å². The predicted octanol–water partition coefficient (Wildman–Crippen LogP) is 5.41. The Bertz CT molecular complexity index is 1040. The molecule has 0 saturated carbocycles. The third-order valence-corrected chi connectivity index (χ3v) is 8.45. The highest BCUT2D eigenvalue weighted by atomic mass is 79.9. The number of nitrogens with one attached hydrogen (secondary N) is 2. The molecule has 0 amide bonds. The predicted molar refractivity (Wildman–Crippen MR) is 154 cm³/mol. The molecule has 208 valence electrons. The van der Waals surface area contributed by atoms with Crippen molar-refractivity contribution < 1.29 is 18.3 Å². The minimum Gasteiger partial charge on any atom is -0.376 e. The highest BCUT2D eigenvalue weighted by Crippen LogP contribution is 2.44. The Morgan fingerprint density at radius 2 is 1.45 bits per heavy atom. The number of hydrogen-bond donors (Lipinski definition) is 2. The zero-order chi connectivity index (χ0) is 26.6. The van der Waals surface area contributed by atoms with E-state index < -0.39 is 0 Å². The molecule has 0 aromatic heterocycles. The van der Waals surface area contributed by atoms with Crippen LogP contribution in [-0.4, -0.2) is 81.7 Å². The molecule has 0 bridgehead atoms. The second kappa shape index (κ2) is 12.5. The molecule has 2 aromatic carbocycles. The molecule has 6 nitrogen and oxygen atoms in total. The van der Waals surface area contributed by atoms with Crippen LogP contribution in [0.3, 0.4) is 0 Å². The van der Waals surface area contributed by atoms with Gasteiger partial charge in [-0.05, 0) is 88.3 Å². The fourth-order valence-electron chi connectivity index (χ4n) is 5.38. The Kier molecular flexibility index (Phi) is 9.27. The van der Waals surface area contributed by atoms with Crippen molar-refractivity contribution >= 4 is 43.2 Å². The maximum absolute atomic E-state index is 13.4. The van der Waals surface area contributed by atoms with Crippen molar-refractivity contribution in [3.05, 3.63) is 57.0 Å². The van der Waals surface area contributed by atoms with Gasteiger partial charge in [-0.25, -0.2) is 8.78 Å². The first kappa shape index (κ1) is 28.2. The molecule has 7 rings (SSSR count). The molecule has 2 N–H and O–H groups in total. The number of benzene rings is 2. The van der Waals surface area contributed by atoms with Crippen molar-refractivity contribution in [2.45, 2.75) is 36.8 Å². The Morgan fingerprint density at radius 3 is 1.92 bits per heavy atom. The normalized spacial score (nSPS) is 22.5. The van der Waals surface area contributed by atoms with Gasteiger partial charge in [-0.1, -0.05) is 31.9 Å². The van der Waals surface area contributed by atoms with Crippen LogP contribution in [0.5, 0.6) is 0 Å². The lowest BCUT2D eigenvalue weighted by atomic mass is 9.96. The molecule has 0 atom stereocenters. The number of nitrogens with zero attached hydrogens (tertiary/aromatic N) is 2. The van der Waals surface area contributed by atoms with Crippen LogP contribution >= 0.6 is 31.9 Å². The van der Waals surface area contributed by atoms with Gasteiger partial charge in [0, 0.05) is 33.4 Å². The fourth-order valence-corrected chi connectivity index (χ4v) is 6.30. The second-order valence-corrected chi connectivity index (χ2v) is 12.8. The lowest BCUT2D eigenvalue weighted by molar-refractivity contribution is -0.0535. The van der Waals surface area contributed by atoms with Gasteiger partial charge in [-0.3, -0.25) is 0 Å². The maximum atomic E-state index is 13.4. The molecule has 0 radical (unpaired) electrons. The smallest absolute Gasteiger partial charge is 0.126 e. The quantitative estimate of drug-likeness (QED) is 0.420. The second-order valence-electron chi connectivity index (χ2n) is 10.9. The van der Waals surface area contributed by atoms with Crippen molar-refractivity contribution in [3.63, 3.8) is 0 Å². The standard InChI is InChI=1S/C14H18BrFN2O.C10H9BrFNO.C4H9N/c15-11-5-12(16)7-13(6-11)17-14(9-19-10-14)8-18-3-1-2-4-18;11-7-1-8(12)3-9(2-7)13-4-10(13)5-14-6-10;1-2-4-5-3-1/h5-7,17H,1-4,8-10H2;1-3H,4-6H2;5H,1-4H2. The van der Waals surface area contributed by atoms with Gasteiger partial charge in [-0.2, -0.15) is 0 Å². The summed E-state index contributed by atoms with van der Waals surface area (Å²) < 4.78 is 38.6. The lowest BCUT2D eigenvalue weighted by Gasteiger charge is -2.45. The van der Waals surface area contributed by atoms with E-state index in [-0.39, 0.29) is 22.7 Å². The highest BCUT2D eigenvalue weighted by molar-refractivity contribution is 9.10. The molecule has 10 heteroatoms.